The molecule has 0 radical (unpaired) electrons. The maximum absolute atomic E-state index is 14.2. The van der Waals surface area contributed by atoms with Crippen LogP contribution >= 0.6 is 15.9 Å². The largest absolute Gasteiger partial charge is 0.352 e. The van der Waals surface area contributed by atoms with Gasteiger partial charge in [-0.2, -0.15) is 0 Å². The molecule has 0 spiro atoms. The molecule has 0 heterocycles. The Morgan fingerprint density at radius 2 is 1.67 bits per heavy atom. The molecule has 1 fully saturated rings. The zero-order valence-corrected chi connectivity index (χ0v) is 26.5. The van der Waals surface area contributed by atoms with E-state index in [0.29, 0.717) is 5.56 Å². The number of non-ortho nitro benzene ring substituents is 1. The monoisotopic (exact) mass is 670 g/mol. The van der Waals surface area contributed by atoms with Crippen LogP contribution in [0.25, 0.3) is 0 Å². The highest BCUT2D eigenvalue weighted by Crippen LogP contribution is 2.28. The summed E-state index contributed by atoms with van der Waals surface area (Å²) >= 11 is 3.42. The van der Waals surface area contributed by atoms with Crippen LogP contribution in [0, 0.1) is 17.0 Å². The lowest BCUT2D eigenvalue weighted by Gasteiger charge is -2.34. The maximum Gasteiger partial charge on any atom is 0.271 e. The number of amides is 2. The van der Waals surface area contributed by atoms with Gasteiger partial charge in [0.25, 0.3) is 5.69 Å². The third kappa shape index (κ3) is 8.64. The first-order valence-electron chi connectivity index (χ1n) is 14.0. The van der Waals surface area contributed by atoms with Crippen LogP contribution in [0.1, 0.15) is 42.4 Å². The lowest BCUT2D eigenvalue weighted by molar-refractivity contribution is -0.384. The average Bonchev–Trinajstić information content (AvgIpc) is 3.48. The van der Waals surface area contributed by atoms with Crippen molar-refractivity contribution in [1.29, 1.82) is 0 Å². The molecular weight excluding hydrogens is 636 g/mol. The second-order valence-electron chi connectivity index (χ2n) is 10.8. The van der Waals surface area contributed by atoms with E-state index >= 15 is 0 Å². The maximum atomic E-state index is 14.2. The van der Waals surface area contributed by atoms with E-state index < -0.39 is 33.4 Å². The number of hydrogen-bond donors (Lipinski definition) is 1. The van der Waals surface area contributed by atoms with Crippen molar-refractivity contribution in [2.24, 2.45) is 0 Å². The third-order valence-corrected chi connectivity index (χ3v) is 9.25. The van der Waals surface area contributed by atoms with Gasteiger partial charge in [0.05, 0.1) is 16.9 Å². The Labute approximate surface area is 260 Å². The summed E-state index contributed by atoms with van der Waals surface area (Å²) in [5.74, 6) is -0.916. The molecule has 10 nitrogen and oxygen atoms in total. The van der Waals surface area contributed by atoms with Gasteiger partial charge in [-0.3, -0.25) is 24.0 Å². The number of nitro benzene ring substituents is 1. The Bertz CT molecular complexity index is 1560. The molecule has 3 aromatic rings. The van der Waals surface area contributed by atoms with Crippen LogP contribution in [-0.2, 0) is 32.6 Å². The number of halogens is 1. The van der Waals surface area contributed by atoms with Gasteiger partial charge in [-0.25, -0.2) is 8.42 Å². The molecule has 1 atom stereocenters. The number of carbonyl (C=O) groups is 2. The van der Waals surface area contributed by atoms with Crippen LogP contribution in [0.15, 0.2) is 77.3 Å². The summed E-state index contributed by atoms with van der Waals surface area (Å²) in [5, 5.41) is 14.6. The minimum absolute atomic E-state index is 0.00967. The smallest absolute Gasteiger partial charge is 0.271 e. The molecule has 4 rings (SSSR count). The summed E-state index contributed by atoms with van der Waals surface area (Å²) in [6.07, 6.45) is 4.92. The van der Waals surface area contributed by atoms with Gasteiger partial charge in [0.1, 0.15) is 12.6 Å². The van der Waals surface area contributed by atoms with Crippen molar-refractivity contribution in [1.82, 2.24) is 10.2 Å². The molecule has 43 heavy (non-hydrogen) atoms. The molecule has 1 unspecified atom stereocenters. The first-order valence-corrected chi connectivity index (χ1v) is 16.7. The summed E-state index contributed by atoms with van der Waals surface area (Å²) in [7, 11) is -4.06. The first kappa shape index (κ1) is 32.2. The Morgan fingerprint density at radius 1 is 1.02 bits per heavy atom. The van der Waals surface area contributed by atoms with Gasteiger partial charge in [-0.1, -0.05) is 77.3 Å². The van der Waals surface area contributed by atoms with Crippen molar-refractivity contribution in [2.45, 2.75) is 57.7 Å². The van der Waals surface area contributed by atoms with Crippen molar-refractivity contribution in [3.8, 4) is 0 Å². The van der Waals surface area contributed by atoms with E-state index in [9.17, 15) is 28.1 Å². The number of benzene rings is 3. The summed E-state index contributed by atoms with van der Waals surface area (Å²) in [4.78, 5) is 40.4. The molecule has 2 amide bonds. The Kier molecular flexibility index (Phi) is 10.6. The lowest BCUT2D eigenvalue weighted by atomic mass is 10.0. The first-order chi connectivity index (χ1) is 20.4. The number of nitro groups is 1. The van der Waals surface area contributed by atoms with Crippen molar-refractivity contribution in [2.75, 3.05) is 17.1 Å². The number of rotatable bonds is 12. The highest BCUT2D eigenvalue weighted by atomic mass is 79.9. The summed E-state index contributed by atoms with van der Waals surface area (Å²) < 4.78 is 27.8. The number of anilines is 1. The fraction of sp³-hybridized carbons (Fsp3) is 0.355. The second-order valence-corrected chi connectivity index (χ2v) is 13.7. The minimum Gasteiger partial charge on any atom is -0.352 e. The quantitative estimate of drug-likeness (QED) is 0.210. The van der Waals surface area contributed by atoms with E-state index in [-0.39, 0.29) is 36.3 Å². The van der Waals surface area contributed by atoms with Gasteiger partial charge >= 0.3 is 0 Å². The normalized spacial score (nSPS) is 14.2. The van der Waals surface area contributed by atoms with E-state index in [0.717, 1.165) is 57.9 Å². The number of sulfonamides is 1. The van der Waals surface area contributed by atoms with Crippen molar-refractivity contribution in [3.05, 3.63) is 104 Å². The molecule has 1 N–H and O–H groups in total. The highest BCUT2D eigenvalue weighted by molar-refractivity contribution is 9.10. The van der Waals surface area contributed by atoms with Crippen LogP contribution < -0.4 is 9.62 Å². The fourth-order valence-electron chi connectivity index (χ4n) is 5.28. The SMILES string of the molecule is Cc1ccc([N+](=O)[O-])cc1N(CC(=O)N(Cc1ccc(Br)cc1)C(Cc1ccccc1)C(=O)NC1CCCC1)S(C)(=O)=O. The number of nitrogens with one attached hydrogen (secondary N) is 1. The van der Waals surface area contributed by atoms with Gasteiger partial charge in [-0.15, -0.1) is 0 Å². The minimum atomic E-state index is -4.06. The topological polar surface area (TPSA) is 130 Å². The molecule has 0 bridgehead atoms. The van der Waals surface area contributed by atoms with Gasteiger partial charge in [0.2, 0.25) is 21.8 Å². The molecule has 3 aromatic carbocycles. The Balaban J connectivity index is 1.76. The zero-order valence-electron chi connectivity index (χ0n) is 24.1. The number of carbonyl (C=O) groups excluding carboxylic acids is 2. The Morgan fingerprint density at radius 3 is 2.28 bits per heavy atom. The summed E-state index contributed by atoms with van der Waals surface area (Å²) in [6, 6.07) is 19.6. The van der Waals surface area contributed by atoms with Crippen LogP contribution in [-0.4, -0.2) is 54.9 Å². The van der Waals surface area contributed by atoms with E-state index in [4.69, 9.17) is 0 Å². The van der Waals surface area contributed by atoms with Crippen molar-refractivity contribution < 1.29 is 22.9 Å². The average molecular weight is 672 g/mol. The molecule has 12 heteroatoms. The third-order valence-electron chi connectivity index (χ3n) is 7.59. The number of hydrogen-bond acceptors (Lipinski definition) is 6. The van der Waals surface area contributed by atoms with E-state index in [1.807, 2.05) is 54.6 Å². The molecule has 0 aliphatic heterocycles. The zero-order chi connectivity index (χ0) is 31.1. The van der Waals surface area contributed by atoms with Crippen LogP contribution in [0.5, 0.6) is 0 Å². The van der Waals surface area contributed by atoms with Gasteiger partial charge in [0, 0.05) is 35.6 Å². The van der Waals surface area contributed by atoms with Gasteiger partial charge in [0.15, 0.2) is 0 Å². The van der Waals surface area contributed by atoms with Crippen molar-refractivity contribution in [3.63, 3.8) is 0 Å². The van der Waals surface area contributed by atoms with Crippen LogP contribution in [0.4, 0.5) is 11.4 Å². The fourth-order valence-corrected chi connectivity index (χ4v) is 6.45. The summed E-state index contributed by atoms with van der Waals surface area (Å²) in [5.41, 5.74) is 1.77. The molecule has 0 saturated heterocycles. The van der Waals surface area contributed by atoms with Crippen LogP contribution in [0.2, 0.25) is 0 Å². The molecule has 0 aromatic heterocycles. The second kappa shape index (κ2) is 14.1. The van der Waals surface area contributed by atoms with Crippen LogP contribution in [0.3, 0.4) is 0 Å². The number of nitrogens with zero attached hydrogens (tertiary/aromatic N) is 3. The highest BCUT2D eigenvalue weighted by Gasteiger charge is 2.34. The Hall–Kier alpha value is -3.77. The van der Waals surface area contributed by atoms with E-state index in [1.165, 1.54) is 17.0 Å². The summed E-state index contributed by atoms with van der Waals surface area (Å²) in [6.45, 7) is 1.03. The molecule has 1 saturated carbocycles. The van der Waals surface area contributed by atoms with E-state index in [2.05, 4.69) is 21.2 Å². The standard InChI is InChI=1S/C31H35BrN4O6S/c1-22-12-17-27(36(39)40)19-28(22)35(43(2,41)42)21-30(37)34(20-24-13-15-25(32)16-14-24)29(18-23-8-4-3-5-9-23)31(38)33-26-10-6-7-11-26/h3-5,8-9,12-17,19,26,29H,6-7,10-11,18,20-21H2,1-2H3,(H,33,38). The molecule has 228 valence electrons. The van der Waals surface area contributed by atoms with Gasteiger partial charge in [-0.05, 0) is 48.6 Å². The lowest BCUT2D eigenvalue weighted by Crippen LogP contribution is -2.54. The van der Waals surface area contributed by atoms with Crippen molar-refractivity contribution >= 4 is 49.1 Å². The molecule has 1 aliphatic rings. The predicted octanol–water partition coefficient (Wildman–Crippen LogP) is 5.13. The molecular formula is C31H35BrN4O6S. The van der Waals surface area contributed by atoms with Gasteiger partial charge < -0.3 is 10.2 Å². The molecule has 1 aliphatic carbocycles. The van der Waals surface area contributed by atoms with E-state index in [1.54, 1.807) is 6.92 Å². The number of aryl methyl sites for hydroxylation is 1. The predicted molar refractivity (Wildman–Crippen MR) is 169 cm³/mol.